The number of hydrogen-bond acceptors (Lipinski definition) is 8. The van der Waals surface area contributed by atoms with Gasteiger partial charge in [0, 0.05) is 17.5 Å². The Bertz CT molecular complexity index is 1430. The van der Waals surface area contributed by atoms with Gasteiger partial charge < -0.3 is 14.8 Å². The van der Waals surface area contributed by atoms with Crippen LogP contribution in [0.1, 0.15) is 41.7 Å². The summed E-state index contributed by atoms with van der Waals surface area (Å²) in [6.07, 6.45) is 2.35. The third-order valence-corrected chi connectivity index (χ3v) is 7.78. The lowest BCUT2D eigenvalue weighted by Crippen LogP contribution is -2.17. The molecule has 39 heavy (non-hydrogen) atoms. The molecule has 4 rings (SSSR count). The molecule has 0 saturated heterocycles. The smallest absolute Gasteiger partial charge is 0.341 e. The third kappa shape index (κ3) is 6.76. The third-order valence-electron chi connectivity index (χ3n) is 5.92. The van der Waals surface area contributed by atoms with Crippen LogP contribution in [0.25, 0.3) is 11.1 Å². The number of esters is 1. The number of allylic oxidation sites excluding steroid dienone is 1. The van der Waals surface area contributed by atoms with E-state index in [9.17, 15) is 9.59 Å². The number of methoxy groups -OCH3 is 1. The molecule has 10 heteroatoms. The molecule has 1 atom stereocenters. The first-order valence-corrected chi connectivity index (χ1v) is 14.3. The van der Waals surface area contributed by atoms with E-state index in [1.165, 1.54) is 35.8 Å². The van der Waals surface area contributed by atoms with Gasteiger partial charge >= 0.3 is 5.97 Å². The summed E-state index contributed by atoms with van der Waals surface area (Å²) in [7, 11) is 1.32. The van der Waals surface area contributed by atoms with E-state index in [-0.39, 0.29) is 17.8 Å². The summed E-state index contributed by atoms with van der Waals surface area (Å²) in [6, 6.07) is 17.5. The summed E-state index contributed by atoms with van der Waals surface area (Å²) in [6.45, 7) is 8.33. The molecule has 1 N–H and O–H groups in total. The fraction of sp³-hybridized carbons (Fsp3) is 0.241. The van der Waals surface area contributed by atoms with E-state index in [1.807, 2.05) is 71.5 Å². The van der Waals surface area contributed by atoms with Gasteiger partial charge in [0.1, 0.15) is 16.3 Å². The monoisotopic (exact) mass is 562 g/mol. The van der Waals surface area contributed by atoms with Gasteiger partial charge in [0.05, 0.1) is 12.9 Å². The second-order valence-electron chi connectivity index (χ2n) is 8.55. The SMILES string of the molecule is C=CCn1c(SCC(=O)Nc2scc(-c3ccccc3)c2C(=O)OC)nnc1C(C)Oc1ccc(CC)cc1. The zero-order valence-electron chi connectivity index (χ0n) is 22.0. The molecule has 0 aliphatic heterocycles. The molecule has 2 aromatic carbocycles. The highest BCUT2D eigenvalue weighted by Crippen LogP contribution is 2.36. The Hall–Kier alpha value is -3.89. The summed E-state index contributed by atoms with van der Waals surface area (Å²) in [5.41, 5.74) is 3.15. The van der Waals surface area contributed by atoms with Crippen molar-refractivity contribution in [2.75, 3.05) is 18.2 Å². The van der Waals surface area contributed by atoms with Crippen LogP contribution in [0.5, 0.6) is 5.75 Å². The fourth-order valence-corrected chi connectivity index (χ4v) is 5.67. The van der Waals surface area contributed by atoms with E-state index in [0.29, 0.717) is 33.7 Å². The second kappa shape index (κ2) is 13.3. The molecule has 0 aliphatic carbocycles. The van der Waals surface area contributed by atoms with Gasteiger partial charge in [0.25, 0.3) is 0 Å². The Morgan fingerprint density at radius 3 is 2.56 bits per heavy atom. The zero-order valence-corrected chi connectivity index (χ0v) is 23.7. The molecule has 202 valence electrons. The van der Waals surface area contributed by atoms with E-state index in [1.54, 1.807) is 6.08 Å². The summed E-state index contributed by atoms with van der Waals surface area (Å²) in [5, 5.41) is 14.4. The molecule has 0 aliphatic rings. The highest BCUT2D eigenvalue weighted by atomic mass is 32.2. The van der Waals surface area contributed by atoms with E-state index < -0.39 is 5.97 Å². The lowest BCUT2D eigenvalue weighted by Gasteiger charge is -2.16. The summed E-state index contributed by atoms with van der Waals surface area (Å²) in [4.78, 5) is 25.5. The van der Waals surface area contributed by atoms with Crippen molar-refractivity contribution < 1.29 is 19.1 Å². The van der Waals surface area contributed by atoms with Crippen LogP contribution in [0.15, 0.2) is 77.8 Å². The molecule has 2 aromatic heterocycles. The molecule has 0 radical (unpaired) electrons. The van der Waals surface area contributed by atoms with E-state index in [4.69, 9.17) is 9.47 Å². The molecule has 0 bridgehead atoms. The quantitative estimate of drug-likeness (QED) is 0.121. The fourth-order valence-electron chi connectivity index (χ4n) is 3.95. The van der Waals surface area contributed by atoms with Crippen LogP contribution in [0, 0.1) is 0 Å². The van der Waals surface area contributed by atoms with Gasteiger partial charge in [-0.1, -0.05) is 67.2 Å². The van der Waals surface area contributed by atoms with Crippen LogP contribution in [-0.4, -0.2) is 39.5 Å². The minimum Gasteiger partial charge on any atom is -0.483 e. The van der Waals surface area contributed by atoms with E-state index in [0.717, 1.165) is 17.7 Å². The van der Waals surface area contributed by atoms with Crippen molar-refractivity contribution in [3.63, 3.8) is 0 Å². The van der Waals surface area contributed by atoms with E-state index in [2.05, 4.69) is 29.0 Å². The number of anilines is 1. The van der Waals surface area contributed by atoms with Crippen molar-refractivity contribution in [3.8, 4) is 16.9 Å². The highest BCUT2D eigenvalue weighted by Gasteiger charge is 2.23. The maximum absolute atomic E-state index is 12.9. The molecular weight excluding hydrogens is 532 g/mol. The molecule has 0 spiro atoms. The van der Waals surface area contributed by atoms with Crippen molar-refractivity contribution in [3.05, 3.63) is 89.6 Å². The number of hydrogen-bond donors (Lipinski definition) is 1. The maximum atomic E-state index is 12.9. The van der Waals surface area contributed by atoms with Crippen LogP contribution in [0.3, 0.4) is 0 Å². The summed E-state index contributed by atoms with van der Waals surface area (Å²) < 4.78 is 13.0. The molecule has 0 saturated carbocycles. The van der Waals surface area contributed by atoms with Gasteiger partial charge in [-0.3, -0.25) is 9.36 Å². The second-order valence-corrected chi connectivity index (χ2v) is 10.4. The summed E-state index contributed by atoms with van der Waals surface area (Å²) >= 11 is 2.53. The number of amides is 1. The van der Waals surface area contributed by atoms with Gasteiger partial charge in [-0.05, 0) is 36.6 Å². The lowest BCUT2D eigenvalue weighted by atomic mass is 10.0. The molecule has 2 heterocycles. The van der Waals surface area contributed by atoms with Gasteiger partial charge in [-0.25, -0.2) is 4.79 Å². The number of aromatic nitrogens is 3. The lowest BCUT2D eigenvalue weighted by molar-refractivity contribution is -0.113. The van der Waals surface area contributed by atoms with E-state index >= 15 is 0 Å². The van der Waals surface area contributed by atoms with Gasteiger partial charge in [-0.2, -0.15) is 0 Å². The van der Waals surface area contributed by atoms with Crippen molar-refractivity contribution in [2.24, 2.45) is 0 Å². The Kier molecular flexibility index (Phi) is 9.56. The number of aryl methyl sites for hydroxylation is 1. The van der Waals surface area contributed by atoms with Gasteiger partial charge in [-0.15, -0.1) is 28.1 Å². The molecular formula is C29H30N4O4S2. The van der Waals surface area contributed by atoms with Crippen molar-refractivity contribution >= 4 is 40.0 Å². The van der Waals surface area contributed by atoms with Gasteiger partial charge in [0.15, 0.2) is 17.1 Å². The minimum atomic E-state index is -0.508. The topological polar surface area (TPSA) is 95.3 Å². The number of thiophene rings is 1. The van der Waals surface area contributed by atoms with Gasteiger partial charge in [0.2, 0.25) is 5.91 Å². The van der Waals surface area contributed by atoms with Crippen molar-refractivity contribution in [2.45, 2.75) is 38.1 Å². The largest absolute Gasteiger partial charge is 0.483 e. The highest BCUT2D eigenvalue weighted by molar-refractivity contribution is 7.99. The average Bonchev–Trinajstić information content (AvgIpc) is 3.56. The van der Waals surface area contributed by atoms with Crippen molar-refractivity contribution in [1.82, 2.24) is 14.8 Å². The number of nitrogens with zero attached hydrogens (tertiary/aromatic N) is 3. The molecule has 4 aromatic rings. The van der Waals surface area contributed by atoms with Crippen molar-refractivity contribution in [1.29, 1.82) is 0 Å². The molecule has 8 nitrogen and oxygen atoms in total. The number of carbonyl (C=O) groups excluding carboxylic acids is 2. The Labute approximate surface area is 236 Å². The number of thioether (sulfide) groups is 1. The Morgan fingerprint density at radius 2 is 1.90 bits per heavy atom. The standard InChI is InChI=1S/C29H30N4O4S2/c1-5-16-33-26(19(3)37-22-14-12-20(6-2)13-15-22)31-32-29(33)39-18-24(34)30-27-25(28(35)36-4)23(17-38-27)21-10-8-7-9-11-21/h5,7-15,17,19H,1,6,16,18H2,2-4H3,(H,30,34). The summed E-state index contributed by atoms with van der Waals surface area (Å²) in [5.74, 6) is 0.667. The first-order chi connectivity index (χ1) is 18.9. The molecule has 1 unspecified atom stereocenters. The number of rotatable bonds is 12. The maximum Gasteiger partial charge on any atom is 0.341 e. The Morgan fingerprint density at radius 1 is 1.15 bits per heavy atom. The number of benzene rings is 2. The minimum absolute atomic E-state index is 0.0716. The predicted molar refractivity (Wildman–Crippen MR) is 156 cm³/mol. The first-order valence-electron chi connectivity index (χ1n) is 12.4. The number of carbonyl (C=O) groups is 2. The Balaban J connectivity index is 1.46. The van der Waals surface area contributed by atoms with Crippen LogP contribution < -0.4 is 10.1 Å². The number of ether oxygens (including phenoxy) is 2. The normalized spacial score (nSPS) is 11.6. The predicted octanol–water partition coefficient (Wildman–Crippen LogP) is 6.41. The molecule has 0 fully saturated rings. The molecule has 1 amide bonds. The number of nitrogens with one attached hydrogen (secondary N) is 1. The first kappa shape index (κ1) is 28.1. The zero-order chi connectivity index (χ0) is 27.8. The van der Waals surface area contributed by atoms with Crippen LogP contribution in [0.2, 0.25) is 0 Å². The van der Waals surface area contributed by atoms with Crippen LogP contribution in [0.4, 0.5) is 5.00 Å². The van der Waals surface area contributed by atoms with Crippen LogP contribution in [-0.2, 0) is 22.5 Å². The van der Waals surface area contributed by atoms with Crippen LogP contribution >= 0.6 is 23.1 Å². The average molecular weight is 563 g/mol.